The topological polar surface area (TPSA) is 27.7 Å². The molecule has 0 N–H and O–H groups in total. The van der Waals surface area contributed by atoms with Crippen molar-refractivity contribution in [2.75, 3.05) is 0 Å². The highest BCUT2D eigenvalue weighted by Gasteiger charge is 2.21. The van der Waals surface area contributed by atoms with Gasteiger partial charge in [0.25, 0.3) is 0 Å². The Morgan fingerprint density at radius 3 is 2.00 bits per heavy atom. The Morgan fingerprint density at radius 1 is 1.14 bits per heavy atom. The van der Waals surface area contributed by atoms with Crippen molar-refractivity contribution in [2.24, 2.45) is 0 Å². The van der Waals surface area contributed by atoms with Crippen molar-refractivity contribution < 1.29 is 12.3 Å². The van der Waals surface area contributed by atoms with Crippen LogP contribution in [-0.2, 0) is 12.3 Å². The van der Waals surface area contributed by atoms with E-state index in [1.807, 2.05) is 5.70 Å². The van der Waals surface area contributed by atoms with Gasteiger partial charge in [-0.25, -0.2) is 0 Å². The minimum absolute atomic E-state index is 0.377. The molecule has 0 radical (unpaired) electrons. The zero-order valence-corrected chi connectivity index (χ0v) is 25.5. The molecule has 0 saturated heterocycles. The van der Waals surface area contributed by atoms with Crippen molar-refractivity contribution in [1.82, 2.24) is 0 Å². The molecule has 0 bridgehead atoms. The van der Waals surface area contributed by atoms with E-state index < -0.39 is 34.0 Å². The van der Waals surface area contributed by atoms with Gasteiger partial charge in [0.1, 0.15) is 21.0 Å². The van der Waals surface area contributed by atoms with Crippen LogP contribution in [0.25, 0.3) is 0 Å². The third-order valence-corrected chi connectivity index (χ3v) is 24.7. The lowest BCUT2D eigenvalue weighted by molar-refractivity contribution is 0.597. The van der Waals surface area contributed by atoms with Gasteiger partial charge in [-0.05, 0) is 32.2 Å². The molecular weight excluding hydrogens is 377 g/mol. The summed E-state index contributed by atoms with van der Waals surface area (Å²) in [5.74, 6) is 0. The third-order valence-electron chi connectivity index (χ3n) is 3.28. The van der Waals surface area contributed by atoms with Crippen LogP contribution in [0.1, 0.15) is 0 Å². The van der Waals surface area contributed by atoms with Crippen LogP contribution in [0.4, 0.5) is 0 Å². The summed E-state index contributed by atoms with van der Waals surface area (Å²) < 4.78 is 16.7. The van der Waals surface area contributed by atoms with Gasteiger partial charge in [-0.15, -0.1) is 6.58 Å². The van der Waals surface area contributed by atoms with Gasteiger partial charge in [-0.2, -0.15) is 0 Å². The van der Waals surface area contributed by atoms with Crippen LogP contribution >= 0.6 is 0 Å². The van der Waals surface area contributed by atoms with Crippen molar-refractivity contribution in [2.45, 2.75) is 57.9 Å². The molecule has 0 aliphatic heterocycles. The molecule has 0 aliphatic rings. The zero-order chi connectivity index (χ0) is 17.1. The molecule has 0 heterocycles. The summed E-state index contributed by atoms with van der Waals surface area (Å²) in [5, 5.41) is 0. The lowest BCUT2D eigenvalue weighted by Gasteiger charge is -2.21. The van der Waals surface area contributed by atoms with E-state index in [-0.39, 0.29) is 9.28 Å². The molecule has 0 spiro atoms. The summed E-state index contributed by atoms with van der Waals surface area (Å²) in [7, 11) is -2.30. The quantitative estimate of drug-likeness (QED) is 0.502. The Kier molecular flexibility index (Phi) is 14.6. The average Bonchev–Trinajstić information content (AvgIpc) is 2.42. The van der Waals surface area contributed by atoms with E-state index in [4.69, 9.17) is 12.3 Å². The summed E-state index contributed by atoms with van der Waals surface area (Å²) in [6.45, 7) is 20.0. The summed E-state index contributed by atoms with van der Waals surface area (Å²) in [4.78, 5) is 0. The van der Waals surface area contributed by atoms with E-state index in [0.29, 0.717) is 0 Å². The van der Waals surface area contributed by atoms with Crippen molar-refractivity contribution in [3.63, 3.8) is 0 Å². The van der Waals surface area contributed by atoms with E-state index in [0.717, 1.165) is 21.0 Å². The molecule has 0 amide bonds. The normalized spacial score (nSPS) is 15.8. The Morgan fingerprint density at radius 2 is 1.67 bits per heavy atom. The van der Waals surface area contributed by atoms with Gasteiger partial charge in [-0.3, -0.25) is 0 Å². The SMILES string of the molecule is C=C[SiH](C)O[SiH2][Si](C)(C)O[SiH3].C[SiH](CC[Si](C)(C)C)O[SiH3]. The molecule has 0 rings (SSSR count). The number of hydrogen-bond donors (Lipinski definition) is 0. The molecule has 3 nitrogen and oxygen atoms in total. The lowest BCUT2D eigenvalue weighted by Crippen LogP contribution is -2.41. The fourth-order valence-corrected chi connectivity index (χ4v) is 18.0. The molecule has 2 atom stereocenters. The fraction of sp³-hybridized carbons (Fsp3) is 0.818. The maximum atomic E-state index is 5.77. The van der Waals surface area contributed by atoms with E-state index in [2.05, 4.69) is 52.4 Å². The molecule has 2 unspecified atom stereocenters. The first kappa shape index (κ1) is 24.4. The van der Waals surface area contributed by atoms with Crippen LogP contribution in [0.3, 0.4) is 0 Å². The first-order valence-electron chi connectivity index (χ1n) is 7.79. The lowest BCUT2D eigenvalue weighted by atomic mass is 10.9. The van der Waals surface area contributed by atoms with Crippen LogP contribution < -0.4 is 0 Å². The van der Waals surface area contributed by atoms with Gasteiger partial charge in [0.15, 0.2) is 35.2 Å². The first-order valence-corrected chi connectivity index (χ1v) is 23.7. The smallest absolute Gasteiger partial charge is 0.183 e. The van der Waals surface area contributed by atoms with Gasteiger partial charge < -0.3 is 12.3 Å². The van der Waals surface area contributed by atoms with Gasteiger partial charge in [0.05, 0.1) is 0 Å². The highest BCUT2D eigenvalue weighted by atomic mass is 29.2. The molecule has 0 aromatic carbocycles. The molecule has 0 aliphatic carbocycles. The van der Waals surface area contributed by atoms with Crippen LogP contribution in [-0.4, -0.2) is 64.2 Å². The summed E-state index contributed by atoms with van der Waals surface area (Å²) in [6.07, 6.45) is 0. The second kappa shape index (κ2) is 12.5. The van der Waals surface area contributed by atoms with Crippen molar-refractivity contribution in [3.8, 4) is 0 Å². The average molecular weight is 415 g/mol. The second-order valence-corrected chi connectivity index (χ2v) is 31.7. The monoisotopic (exact) mass is 414 g/mol. The summed E-state index contributed by atoms with van der Waals surface area (Å²) >= 11 is 0. The molecule has 0 saturated carbocycles. The molecule has 10 heteroatoms. The van der Waals surface area contributed by atoms with Crippen LogP contribution in [0, 0.1) is 0 Å². The van der Waals surface area contributed by atoms with E-state index in [1.54, 1.807) is 0 Å². The van der Waals surface area contributed by atoms with E-state index in [1.165, 1.54) is 12.1 Å². The Bertz CT molecular complexity index is 271. The van der Waals surface area contributed by atoms with E-state index >= 15 is 0 Å². The Hall–Kier alpha value is 1.14. The molecule has 0 aromatic rings. The summed E-state index contributed by atoms with van der Waals surface area (Å²) in [5.41, 5.74) is 1.98. The zero-order valence-electron chi connectivity index (χ0n) is 15.8. The van der Waals surface area contributed by atoms with Crippen LogP contribution in [0.5, 0.6) is 0 Å². The molecule has 128 valence electrons. The summed E-state index contributed by atoms with van der Waals surface area (Å²) in [6, 6.07) is 2.86. The Balaban J connectivity index is 0. The maximum Gasteiger partial charge on any atom is 0.183 e. The molecule has 21 heavy (non-hydrogen) atoms. The highest BCUT2D eigenvalue weighted by molar-refractivity contribution is 7.19. The standard InChI is InChI=1S/C6H20OSi3.C5H18O2Si4/c1-9(7-8)5-6-10(2,3)4;1-5-10(2)7-9-11(3,4)6-8/h9H,5-6H2,1-4,8H3;5,10H,1,9H2,2-4,8H3. The first-order chi connectivity index (χ1) is 9.47. The van der Waals surface area contributed by atoms with Crippen molar-refractivity contribution in [1.29, 1.82) is 0 Å². The van der Waals surface area contributed by atoms with Crippen LogP contribution in [0.15, 0.2) is 12.3 Å². The third kappa shape index (κ3) is 19.1. The minimum atomic E-state index is -1.29. The number of rotatable bonds is 9. The fourth-order valence-electron chi connectivity index (χ4n) is 1.21. The van der Waals surface area contributed by atoms with E-state index in [9.17, 15) is 0 Å². The predicted molar refractivity (Wildman–Crippen MR) is 118 cm³/mol. The second-order valence-electron chi connectivity index (χ2n) is 7.36. The molecular formula is C11H38O3Si7. The predicted octanol–water partition coefficient (Wildman–Crippen LogP) is 0.140. The van der Waals surface area contributed by atoms with Gasteiger partial charge in [0, 0.05) is 8.07 Å². The molecule has 0 fully saturated rings. The minimum Gasteiger partial charge on any atom is -0.466 e. The van der Waals surface area contributed by atoms with Crippen LogP contribution in [0.2, 0.25) is 57.9 Å². The number of hydrogen-bond acceptors (Lipinski definition) is 3. The molecule has 0 aromatic heterocycles. The van der Waals surface area contributed by atoms with Gasteiger partial charge >= 0.3 is 0 Å². The highest BCUT2D eigenvalue weighted by Crippen LogP contribution is 2.13. The van der Waals surface area contributed by atoms with Crippen molar-refractivity contribution >= 4 is 64.2 Å². The van der Waals surface area contributed by atoms with Gasteiger partial charge in [0.2, 0.25) is 0 Å². The Labute approximate surface area is 146 Å². The largest absolute Gasteiger partial charge is 0.466 e. The maximum absolute atomic E-state index is 5.77. The van der Waals surface area contributed by atoms with Gasteiger partial charge in [-0.1, -0.05) is 31.4 Å². The van der Waals surface area contributed by atoms with Crippen molar-refractivity contribution in [3.05, 3.63) is 12.3 Å².